The first-order valence-electron chi connectivity index (χ1n) is 6.67. The van der Waals surface area contributed by atoms with Gasteiger partial charge in [-0.3, -0.25) is 4.79 Å². The molecule has 3 nitrogen and oxygen atoms in total. The van der Waals surface area contributed by atoms with Crippen molar-refractivity contribution in [1.29, 1.82) is 0 Å². The van der Waals surface area contributed by atoms with E-state index >= 15 is 0 Å². The smallest absolute Gasteiger partial charge is 0.226 e. The maximum absolute atomic E-state index is 12.2. The van der Waals surface area contributed by atoms with E-state index < -0.39 is 0 Å². The van der Waals surface area contributed by atoms with E-state index in [-0.39, 0.29) is 11.8 Å². The number of carbonyl (C=O) groups is 1. The van der Waals surface area contributed by atoms with Gasteiger partial charge in [-0.2, -0.15) is 0 Å². The van der Waals surface area contributed by atoms with Gasteiger partial charge in [0.1, 0.15) is 0 Å². The Morgan fingerprint density at radius 1 is 1.38 bits per heavy atom. The van der Waals surface area contributed by atoms with Gasteiger partial charge in [-0.05, 0) is 19.3 Å². The standard InChI is InChI=1S/C13H26N2O/c1-3-7-11(10-14)13(16)15(2)12-8-5-4-6-9-12/h11-12H,3-10,14H2,1-2H3. The maximum Gasteiger partial charge on any atom is 0.226 e. The second kappa shape index (κ2) is 6.89. The predicted octanol–water partition coefficient (Wildman–Crippen LogP) is 2.15. The van der Waals surface area contributed by atoms with E-state index in [0.717, 1.165) is 12.8 Å². The van der Waals surface area contributed by atoms with Crippen molar-refractivity contribution in [2.75, 3.05) is 13.6 Å². The van der Waals surface area contributed by atoms with E-state index in [1.54, 1.807) is 0 Å². The summed E-state index contributed by atoms with van der Waals surface area (Å²) in [6, 6.07) is 0.465. The minimum Gasteiger partial charge on any atom is -0.342 e. The molecule has 3 heteroatoms. The second-order valence-electron chi connectivity index (χ2n) is 4.96. The number of carbonyl (C=O) groups excluding carboxylic acids is 1. The molecule has 0 heterocycles. The third kappa shape index (κ3) is 3.48. The Morgan fingerprint density at radius 2 is 2.00 bits per heavy atom. The van der Waals surface area contributed by atoms with Crippen LogP contribution >= 0.6 is 0 Å². The lowest BCUT2D eigenvalue weighted by atomic mass is 9.93. The molecule has 94 valence electrons. The van der Waals surface area contributed by atoms with Gasteiger partial charge in [-0.1, -0.05) is 32.6 Å². The van der Waals surface area contributed by atoms with Crippen LogP contribution in [0.5, 0.6) is 0 Å². The molecule has 0 spiro atoms. The molecule has 1 fully saturated rings. The lowest BCUT2D eigenvalue weighted by molar-refractivity contribution is -0.136. The summed E-state index contributed by atoms with van der Waals surface area (Å²) >= 11 is 0. The van der Waals surface area contributed by atoms with Gasteiger partial charge in [0.15, 0.2) is 0 Å². The lowest BCUT2D eigenvalue weighted by Crippen LogP contribution is -2.43. The molecule has 1 amide bonds. The molecule has 2 N–H and O–H groups in total. The van der Waals surface area contributed by atoms with Gasteiger partial charge in [0, 0.05) is 19.6 Å². The number of hydrogen-bond donors (Lipinski definition) is 1. The van der Waals surface area contributed by atoms with Gasteiger partial charge in [0.25, 0.3) is 0 Å². The van der Waals surface area contributed by atoms with Crippen LogP contribution in [-0.4, -0.2) is 30.4 Å². The predicted molar refractivity (Wildman–Crippen MR) is 67.1 cm³/mol. The van der Waals surface area contributed by atoms with Crippen molar-refractivity contribution in [3.05, 3.63) is 0 Å². The fourth-order valence-corrected chi connectivity index (χ4v) is 2.63. The molecule has 1 aliphatic rings. The maximum atomic E-state index is 12.2. The second-order valence-corrected chi connectivity index (χ2v) is 4.96. The molecule has 0 aromatic heterocycles. The fourth-order valence-electron chi connectivity index (χ4n) is 2.63. The molecule has 1 atom stereocenters. The van der Waals surface area contributed by atoms with E-state index in [9.17, 15) is 4.79 Å². The molecule has 0 aliphatic heterocycles. The van der Waals surface area contributed by atoms with Gasteiger partial charge < -0.3 is 10.6 Å². The van der Waals surface area contributed by atoms with Crippen LogP contribution in [-0.2, 0) is 4.79 Å². The van der Waals surface area contributed by atoms with E-state index in [2.05, 4.69) is 6.92 Å². The lowest BCUT2D eigenvalue weighted by Gasteiger charge is -2.33. The number of nitrogens with zero attached hydrogens (tertiary/aromatic N) is 1. The van der Waals surface area contributed by atoms with Crippen molar-refractivity contribution in [1.82, 2.24) is 4.90 Å². The summed E-state index contributed by atoms with van der Waals surface area (Å²) in [7, 11) is 1.96. The van der Waals surface area contributed by atoms with Crippen LogP contribution in [0.25, 0.3) is 0 Å². The van der Waals surface area contributed by atoms with Crippen LogP contribution in [0.3, 0.4) is 0 Å². The minimum atomic E-state index is 0.0388. The molecule has 0 radical (unpaired) electrons. The average molecular weight is 226 g/mol. The average Bonchev–Trinajstić information content (AvgIpc) is 2.35. The van der Waals surface area contributed by atoms with E-state index in [1.165, 1.54) is 32.1 Å². The first kappa shape index (κ1) is 13.5. The summed E-state index contributed by atoms with van der Waals surface area (Å²) < 4.78 is 0. The molecule has 1 saturated carbocycles. The van der Waals surface area contributed by atoms with Crippen molar-refractivity contribution in [2.24, 2.45) is 11.7 Å². The molecular formula is C13H26N2O. The Morgan fingerprint density at radius 3 is 2.50 bits per heavy atom. The molecule has 1 unspecified atom stereocenters. The Labute approximate surface area is 99.4 Å². The van der Waals surface area contributed by atoms with E-state index in [0.29, 0.717) is 12.6 Å². The summed E-state index contributed by atoms with van der Waals surface area (Å²) in [6.45, 7) is 2.60. The largest absolute Gasteiger partial charge is 0.342 e. The summed E-state index contributed by atoms with van der Waals surface area (Å²) in [5.41, 5.74) is 5.68. The quantitative estimate of drug-likeness (QED) is 0.781. The van der Waals surface area contributed by atoms with Crippen molar-refractivity contribution in [2.45, 2.75) is 57.9 Å². The highest BCUT2D eigenvalue weighted by Gasteiger charge is 2.26. The molecule has 0 saturated heterocycles. The molecular weight excluding hydrogens is 200 g/mol. The SMILES string of the molecule is CCCC(CN)C(=O)N(C)C1CCCCC1. The highest BCUT2D eigenvalue weighted by molar-refractivity contribution is 5.79. The molecule has 1 rings (SSSR count). The van der Waals surface area contributed by atoms with Gasteiger partial charge in [0.2, 0.25) is 5.91 Å². The molecule has 16 heavy (non-hydrogen) atoms. The molecule has 0 aromatic rings. The van der Waals surface area contributed by atoms with E-state index in [4.69, 9.17) is 5.73 Å². The van der Waals surface area contributed by atoms with E-state index in [1.807, 2.05) is 11.9 Å². The monoisotopic (exact) mass is 226 g/mol. The van der Waals surface area contributed by atoms with Gasteiger partial charge in [0.05, 0.1) is 5.92 Å². The normalized spacial score (nSPS) is 19.4. The van der Waals surface area contributed by atoms with Crippen molar-refractivity contribution in [3.63, 3.8) is 0 Å². The highest BCUT2D eigenvalue weighted by atomic mass is 16.2. The molecule has 1 aliphatic carbocycles. The summed E-state index contributed by atoms with van der Waals surface area (Å²) in [4.78, 5) is 14.2. The van der Waals surface area contributed by atoms with Crippen LogP contribution in [0.1, 0.15) is 51.9 Å². The number of amides is 1. The summed E-state index contributed by atoms with van der Waals surface area (Å²) in [5.74, 6) is 0.299. The van der Waals surface area contributed by atoms with Crippen LogP contribution < -0.4 is 5.73 Å². The molecule has 0 aromatic carbocycles. The zero-order chi connectivity index (χ0) is 12.0. The number of hydrogen-bond acceptors (Lipinski definition) is 2. The van der Waals surface area contributed by atoms with Gasteiger partial charge >= 0.3 is 0 Å². The van der Waals surface area contributed by atoms with Gasteiger partial charge in [-0.15, -0.1) is 0 Å². The summed E-state index contributed by atoms with van der Waals surface area (Å²) in [5, 5.41) is 0. The molecule has 0 bridgehead atoms. The minimum absolute atomic E-state index is 0.0388. The van der Waals surface area contributed by atoms with Gasteiger partial charge in [-0.25, -0.2) is 0 Å². The number of nitrogens with two attached hydrogens (primary N) is 1. The zero-order valence-corrected chi connectivity index (χ0v) is 10.7. The Balaban J connectivity index is 2.49. The fraction of sp³-hybridized carbons (Fsp3) is 0.923. The third-order valence-electron chi connectivity index (χ3n) is 3.74. The third-order valence-corrected chi connectivity index (χ3v) is 3.74. The zero-order valence-electron chi connectivity index (χ0n) is 10.7. The van der Waals surface area contributed by atoms with Crippen molar-refractivity contribution >= 4 is 5.91 Å². The van der Waals surface area contributed by atoms with Crippen molar-refractivity contribution in [3.8, 4) is 0 Å². The topological polar surface area (TPSA) is 46.3 Å². The van der Waals surface area contributed by atoms with Crippen LogP contribution in [0.4, 0.5) is 0 Å². The Hall–Kier alpha value is -0.570. The number of rotatable bonds is 5. The summed E-state index contributed by atoms with van der Waals surface area (Å²) in [6.07, 6.45) is 8.16. The van der Waals surface area contributed by atoms with Crippen LogP contribution in [0.2, 0.25) is 0 Å². The van der Waals surface area contributed by atoms with Crippen LogP contribution in [0, 0.1) is 5.92 Å². The Kier molecular flexibility index (Phi) is 5.81. The van der Waals surface area contributed by atoms with Crippen molar-refractivity contribution < 1.29 is 4.79 Å². The first-order valence-corrected chi connectivity index (χ1v) is 6.67. The highest BCUT2D eigenvalue weighted by Crippen LogP contribution is 2.23. The van der Waals surface area contributed by atoms with Crippen LogP contribution in [0.15, 0.2) is 0 Å². The first-order chi connectivity index (χ1) is 7.70. The Bertz CT molecular complexity index is 212.